The molecule has 0 aromatic heterocycles. The summed E-state index contributed by atoms with van der Waals surface area (Å²) >= 11 is 9.48. The number of amides is 3. The van der Waals surface area contributed by atoms with E-state index in [1.54, 1.807) is 13.8 Å². The Balaban J connectivity index is 5.18. The van der Waals surface area contributed by atoms with Crippen molar-refractivity contribution in [2.75, 3.05) is 23.5 Å². The molecule has 0 aromatic carbocycles. The maximum Gasteiger partial charge on any atom is 0.326 e. The third kappa shape index (κ3) is 9.39. The van der Waals surface area contributed by atoms with Crippen molar-refractivity contribution in [3.63, 3.8) is 0 Å². The Labute approximate surface area is 180 Å². The number of aliphatic carboxylic acids is 1. The molecule has 0 saturated carbocycles. The number of carbonyl (C=O) groups is 4. The van der Waals surface area contributed by atoms with Crippen LogP contribution in [0, 0.1) is 5.92 Å². The standard InChI is InChI=1S/C16H30N4O5S3/c1-8(2)12(16(24)25)20-14(22)10(4-5-28-3)18-15(23)11(7-27)19-13(21)9(17)6-26/h8-12,26-27H,4-7,17H2,1-3H3,(H,18,23)(H,19,21)(H,20,22)(H,24,25). The molecule has 0 rings (SSSR count). The molecule has 9 nitrogen and oxygen atoms in total. The van der Waals surface area contributed by atoms with Gasteiger partial charge in [-0.05, 0) is 24.3 Å². The summed E-state index contributed by atoms with van der Waals surface area (Å²) in [5.74, 6) is -2.56. The molecule has 0 bridgehead atoms. The van der Waals surface area contributed by atoms with Gasteiger partial charge in [-0.3, -0.25) is 14.4 Å². The van der Waals surface area contributed by atoms with Gasteiger partial charge in [0.05, 0.1) is 6.04 Å². The third-order valence-electron chi connectivity index (χ3n) is 3.82. The topological polar surface area (TPSA) is 151 Å². The summed E-state index contributed by atoms with van der Waals surface area (Å²) in [6.07, 6.45) is 2.15. The summed E-state index contributed by atoms with van der Waals surface area (Å²) in [6.45, 7) is 3.34. The van der Waals surface area contributed by atoms with Gasteiger partial charge in [-0.1, -0.05) is 13.8 Å². The molecule has 0 aromatic rings. The molecule has 3 amide bonds. The third-order valence-corrected chi connectivity index (χ3v) is 5.23. The van der Waals surface area contributed by atoms with Crippen molar-refractivity contribution in [2.45, 2.75) is 44.4 Å². The fourth-order valence-electron chi connectivity index (χ4n) is 2.10. The molecular formula is C16H30N4O5S3. The minimum absolute atomic E-state index is 0.00250. The van der Waals surface area contributed by atoms with E-state index in [9.17, 15) is 24.3 Å². The Hall–Kier alpha value is -1.11. The first kappa shape index (κ1) is 26.9. The largest absolute Gasteiger partial charge is 0.480 e. The van der Waals surface area contributed by atoms with Crippen molar-refractivity contribution in [3.8, 4) is 0 Å². The van der Waals surface area contributed by atoms with Crippen molar-refractivity contribution in [1.82, 2.24) is 16.0 Å². The van der Waals surface area contributed by atoms with Crippen molar-refractivity contribution in [1.29, 1.82) is 0 Å². The number of nitrogens with one attached hydrogen (secondary N) is 3. The normalized spacial score (nSPS) is 15.2. The Morgan fingerprint density at radius 1 is 0.964 bits per heavy atom. The molecule has 0 heterocycles. The quantitative estimate of drug-likeness (QED) is 0.179. The summed E-state index contributed by atoms with van der Waals surface area (Å²) in [5, 5.41) is 16.7. The van der Waals surface area contributed by atoms with Crippen molar-refractivity contribution in [3.05, 3.63) is 0 Å². The van der Waals surface area contributed by atoms with Crippen LogP contribution in [0.5, 0.6) is 0 Å². The van der Waals surface area contributed by atoms with Crippen LogP contribution in [0.4, 0.5) is 0 Å². The highest BCUT2D eigenvalue weighted by atomic mass is 32.2. The highest BCUT2D eigenvalue weighted by molar-refractivity contribution is 7.98. The summed E-state index contributed by atoms with van der Waals surface area (Å²) in [4.78, 5) is 48.3. The minimum atomic E-state index is -1.15. The molecule has 4 atom stereocenters. The first-order valence-corrected chi connectivity index (χ1v) is 11.3. The Morgan fingerprint density at radius 3 is 1.93 bits per heavy atom. The molecule has 12 heteroatoms. The second kappa shape index (κ2) is 14.0. The van der Waals surface area contributed by atoms with E-state index in [0.717, 1.165) is 0 Å². The molecule has 0 saturated heterocycles. The van der Waals surface area contributed by atoms with Gasteiger partial charge in [0, 0.05) is 11.5 Å². The maximum absolute atomic E-state index is 12.6. The fraction of sp³-hybridized carbons (Fsp3) is 0.750. The first-order chi connectivity index (χ1) is 13.1. The van der Waals surface area contributed by atoms with Gasteiger partial charge in [-0.25, -0.2) is 4.79 Å². The lowest BCUT2D eigenvalue weighted by atomic mass is 10.0. The highest BCUT2D eigenvalue weighted by Gasteiger charge is 2.30. The lowest BCUT2D eigenvalue weighted by Gasteiger charge is -2.25. The molecule has 0 aliphatic carbocycles. The van der Waals surface area contributed by atoms with Crippen LogP contribution in [0.1, 0.15) is 20.3 Å². The molecule has 4 unspecified atom stereocenters. The molecular weight excluding hydrogens is 424 g/mol. The van der Waals surface area contributed by atoms with E-state index < -0.39 is 47.9 Å². The average molecular weight is 455 g/mol. The van der Waals surface area contributed by atoms with Crippen molar-refractivity contribution < 1.29 is 24.3 Å². The number of rotatable bonds is 13. The van der Waals surface area contributed by atoms with Gasteiger partial charge in [-0.15, -0.1) is 0 Å². The van der Waals surface area contributed by atoms with Crippen LogP contribution < -0.4 is 21.7 Å². The van der Waals surface area contributed by atoms with Crippen LogP contribution in [0.25, 0.3) is 0 Å². The van der Waals surface area contributed by atoms with Gasteiger partial charge in [0.1, 0.15) is 18.1 Å². The first-order valence-electron chi connectivity index (χ1n) is 8.69. The summed E-state index contributed by atoms with van der Waals surface area (Å²) in [6, 6.07) is -3.89. The van der Waals surface area contributed by atoms with E-state index in [4.69, 9.17) is 5.73 Å². The number of hydrogen-bond donors (Lipinski definition) is 7. The summed E-state index contributed by atoms with van der Waals surface area (Å²) in [5.41, 5.74) is 5.58. The number of hydrogen-bond acceptors (Lipinski definition) is 8. The van der Waals surface area contributed by atoms with E-state index >= 15 is 0 Å². The number of carboxylic acid groups (broad SMARTS) is 1. The molecule has 28 heavy (non-hydrogen) atoms. The lowest BCUT2D eigenvalue weighted by molar-refractivity contribution is -0.143. The van der Waals surface area contributed by atoms with E-state index in [2.05, 4.69) is 41.2 Å². The molecule has 162 valence electrons. The number of carboxylic acids is 1. The van der Waals surface area contributed by atoms with E-state index in [0.29, 0.717) is 12.2 Å². The van der Waals surface area contributed by atoms with E-state index in [-0.39, 0.29) is 17.4 Å². The number of nitrogens with two attached hydrogens (primary N) is 1. The fourth-order valence-corrected chi connectivity index (χ4v) is 2.99. The van der Waals surface area contributed by atoms with Gasteiger partial charge >= 0.3 is 5.97 Å². The van der Waals surface area contributed by atoms with Gasteiger partial charge < -0.3 is 26.8 Å². The van der Waals surface area contributed by atoms with Gasteiger partial charge in [0.15, 0.2) is 0 Å². The molecule has 0 spiro atoms. The molecule has 6 N–H and O–H groups in total. The van der Waals surface area contributed by atoms with Gasteiger partial charge in [0.25, 0.3) is 0 Å². The highest BCUT2D eigenvalue weighted by Crippen LogP contribution is 2.06. The van der Waals surface area contributed by atoms with Crippen LogP contribution in [-0.2, 0) is 19.2 Å². The predicted octanol–water partition coefficient (Wildman–Crippen LogP) is -0.879. The molecule has 0 aliphatic heterocycles. The number of thiol groups is 2. The molecule has 0 fully saturated rings. The SMILES string of the molecule is CSCCC(NC(=O)C(CS)NC(=O)C(N)CS)C(=O)NC(C(=O)O)C(C)C. The molecule has 0 radical (unpaired) electrons. The Morgan fingerprint density at radius 2 is 1.50 bits per heavy atom. The summed E-state index contributed by atoms with van der Waals surface area (Å²) in [7, 11) is 0. The smallest absolute Gasteiger partial charge is 0.326 e. The van der Waals surface area contributed by atoms with Crippen LogP contribution in [0.15, 0.2) is 0 Å². The number of thioether (sulfide) groups is 1. The van der Waals surface area contributed by atoms with Gasteiger partial charge in [0.2, 0.25) is 17.7 Å². The summed E-state index contributed by atoms with van der Waals surface area (Å²) < 4.78 is 0. The van der Waals surface area contributed by atoms with E-state index in [1.807, 2.05) is 6.26 Å². The zero-order valence-electron chi connectivity index (χ0n) is 16.2. The van der Waals surface area contributed by atoms with Crippen molar-refractivity contribution in [2.24, 2.45) is 11.7 Å². The second-order valence-corrected chi connectivity index (χ2v) is 8.16. The van der Waals surface area contributed by atoms with Crippen LogP contribution >= 0.6 is 37.0 Å². The van der Waals surface area contributed by atoms with Crippen LogP contribution in [0.2, 0.25) is 0 Å². The van der Waals surface area contributed by atoms with Gasteiger partial charge in [-0.2, -0.15) is 37.0 Å². The molecule has 0 aliphatic rings. The lowest BCUT2D eigenvalue weighted by Crippen LogP contribution is -2.58. The van der Waals surface area contributed by atoms with Crippen LogP contribution in [0.3, 0.4) is 0 Å². The zero-order valence-corrected chi connectivity index (χ0v) is 18.8. The minimum Gasteiger partial charge on any atom is -0.480 e. The second-order valence-electron chi connectivity index (χ2n) is 6.44. The predicted molar refractivity (Wildman–Crippen MR) is 117 cm³/mol. The van der Waals surface area contributed by atoms with Crippen molar-refractivity contribution >= 4 is 60.7 Å². The Bertz CT molecular complexity index is 550. The number of carbonyl (C=O) groups excluding carboxylic acids is 3. The van der Waals surface area contributed by atoms with E-state index in [1.165, 1.54) is 11.8 Å². The monoisotopic (exact) mass is 454 g/mol. The zero-order chi connectivity index (χ0) is 21.9. The maximum atomic E-state index is 12.6. The van der Waals surface area contributed by atoms with Crippen LogP contribution in [-0.4, -0.2) is 76.5 Å². The average Bonchev–Trinajstić information content (AvgIpc) is 2.65. The Kier molecular flexibility index (Phi) is 13.4.